The quantitative estimate of drug-likeness (QED) is 0.355. The number of halogens is 4. The molecule has 1 heterocycles. The van der Waals surface area contributed by atoms with Crippen LogP contribution >= 0.6 is 24.0 Å². The van der Waals surface area contributed by atoms with Gasteiger partial charge in [0.2, 0.25) is 0 Å². The normalized spacial score (nSPS) is 19.2. The minimum absolute atomic E-state index is 0. The van der Waals surface area contributed by atoms with E-state index in [-0.39, 0.29) is 48.9 Å². The van der Waals surface area contributed by atoms with Gasteiger partial charge in [-0.2, -0.15) is 17.5 Å². The molecular weight excluding hydrogens is 508 g/mol. The molecule has 0 amide bonds. The Morgan fingerprint density at radius 2 is 1.86 bits per heavy atom. The maximum Gasteiger partial charge on any atom is 0.511 e. The Morgan fingerprint density at radius 1 is 1.21 bits per heavy atom. The SMILES string of the molecule is I.NC(=NCC1CCN(S(=O)(=O)C(F)(F)F)CC1)Nc1ccc2c(c1)CCC2. The van der Waals surface area contributed by atoms with Crippen LogP contribution in [0, 0.1) is 5.92 Å². The summed E-state index contributed by atoms with van der Waals surface area (Å²) in [7, 11) is -5.24. The monoisotopic (exact) mass is 532 g/mol. The number of hydrogen-bond donors (Lipinski definition) is 2. The van der Waals surface area contributed by atoms with Crippen LogP contribution in [0.2, 0.25) is 0 Å². The highest BCUT2D eigenvalue weighted by atomic mass is 127. The molecule has 2 aliphatic rings. The molecule has 3 N–H and O–H groups in total. The lowest BCUT2D eigenvalue weighted by Crippen LogP contribution is -2.45. The highest BCUT2D eigenvalue weighted by Crippen LogP contribution is 2.30. The Balaban J connectivity index is 0.00000280. The molecule has 11 heteroatoms. The summed E-state index contributed by atoms with van der Waals surface area (Å²) in [5.41, 5.74) is 4.19. The van der Waals surface area contributed by atoms with Gasteiger partial charge in [0.05, 0.1) is 0 Å². The molecule has 0 spiro atoms. The first kappa shape index (κ1) is 23.2. The van der Waals surface area contributed by atoms with Crippen molar-refractivity contribution in [2.24, 2.45) is 16.6 Å². The fraction of sp³-hybridized carbons (Fsp3) is 0.588. The summed E-state index contributed by atoms with van der Waals surface area (Å²) in [6, 6.07) is 6.09. The Labute approximate surface area is 179 Å². The van der Waals surface area contributed by atoms with Crippen molar-refractivity contribution in [1.82, 2.24) is 4.31 Å². The van der Waals surface area contributed by atoms with Gasteiger partial charge in [0, 0.05) is 25.3 Å². The lowest BCUT2D eigenvalue weighted by Gasteiger charge is -2.30. The van der Waals surface area contributed by atoms with Crippen LogP contribution in [0.5, 0.6) is 0 Å². The molecule has 1 saturated heterocycles. The number of aliphatic imine (C=N–C) groups is 1. The highest BCUT2D eigenvalue weighted by Gasteiger charge is 2.50. The molecule has 0 atom stereocenters. The van der Waals surface area contributed by atoms with E-state index >= 15 is 0 Å². The molecular formula is C17H24F3IN4O2S. The predicted octanol–water partition coefficient (Wildman–Crippen LogP) is 3.08. The number of aryl methyl sites for hydroxylation is 2. The Bertz CT molecular complexity index is 822. The number of benzene rings is 1. The van der Waals surface area contributed by atoms with Gasteiger partial charge in [-0.25, -0.2) is 8.42 Å². The highest BCUT2D eigenvalue weighted by molar-refractivity contribution is 14.0. The molecule has 6 nitrogen and oxygen atoms in total. The summed E-state index contributed by atoms with van der Waals surface area (Å²) in [4.78, 5) is 4.27. The molecule has 158 valence electrons. The minimum Gasteiger partial charge on any atom is -0.370 e. The number of alkyl halides is 3. The molecule has 1 fully saturated rings. The van der Waals surface area contributed by atoms with Crippen molar-refractivity contribution < 1.29 is 21.6 Å². The number of rotatable bonds is 4. The third-order valence-corrected chi connectivity index (χ3v) is 6.73. The van der Waals surface area contributed by atoms with E-state index in [0.717, 1.165) is 24.9 Å². The second kappa shape index (κ2) is 9.16. The second-order valence-corrected chi connectivity index (χ2v) is 8.91. The Kier molecular flexibility index (Phi) is 7.59. The average molecular weight is 532 g/mol. The lowest BCUT2D eigenvalue weighted by atomic mass is 9.98. The first-order valence-corrected chi connectivity index (χ1v) is 10.4. The number of nitrogens with one attached hydrogen (secondary N) is 1. The van der Waals surface area contributed by atoms with Crippen molar-refractivity contribution >= 4 is 45.6 Å². The van der Waals surface area contributed by atoms with Crippen molar-refractivity contribution in [3.63, 3.8) is 0 Å². The van der Waals surface area contributed by atoms with E-state index in [1.807, 2.05) is 6.07 Å². The molecule has 1 aliphatic heterocycles. The molecule has 0 radical (unpaired) electrons. The number of piperidine rings is 1. The molecule has 1 aliphatic carbocycles. The summed E-state index contributed by atoms with van der Waals surface area (Å²) < 4.78 is 61.1. The molecule has 28 heavy (non-hydrogen) atoms. The van der Waals surface area contributed by atoms with Gasteiger partial charge in [-0.1, -0.05) is 6.07 Å². The van der Waals surface area contributed by atoms with E-state index in [2.05, 4.69) is 22.4 Å². The van der Waals surface area contributed by atoms with E-state index in [1.165, 1.54) is 11.1 Å². The van der Waals surface area contributed by atoms with Crippen LogP contribution in [-0.2, 0) is 22.9 Å². The minimum atomic E-state index is -5.25. The smallest absolute Gasteiger partial charge is 0.370 e. The predicted molar refractivity (Wildman–Crippen MR) is 113 cm³/mol. The molecule has 1 aromatic carbocycles. The van der Waals surface area contributed by atoms with Crippen LogP contribution in [-0.4, -0.2) is 43.8 Å². The van der Waals surface area contributed by atoms with Crippen molar-refractivity contribution in [1.29, 1.82) is 0 Å². The van der Waals surface area contributed by atoms with E-state index in [9.17, 15) is 21.6 Å². The third kappa shape index (κ3) is 5.29. The zero-order valence-corrected chi connectivity index (χ0v) is 18.4. The van der Waals surface area contributed by atoms with Gasteiger partial charge in [-0.15, -0.1) is 24.0 Å². The van der Waals surface area contributed by atoms with Gasteiger partial charge < -0.3 is 11.1 Å². The van der Waals surface area contributed by atoms with Crippen molar-refractivity contribution in [2.75, 3.05) is 25.0 Å². The van der Waals surface area contributed by atoms with Crippen LogP contribution < -0.4 is 11.1 Å². The fourth-order valence-electron chi connectivity index (χ4n) is 3.54. The van der Waals surface area contributed by atoms with Gasteiger partial charge in [0.1, 0.15) is 0 Å². The first-order valence-electron chi connectivity index (χ1n) is 8.92. The topological polar surface area (TPSA) is 87.8 Å². The molecule has 1 aromatic rings. The summed E-state index contributed by atoms with van der Waals surface area (Å²) in [5, 5.41) is 3.04. The van der Waals surface area contributed by atoms with Gasteiger partial charge in [-0.3, -0.25) is 4.99 Å². The third-order valence-electron chi connectivity index (χ3n) is 5.10. The first-order chi connectivity index (χ1) is 12.7. The number of anilines is 1. The van der Waals surface area contributed by atoms with Crippen LogP contribution in [0.25, 0.3) is 0 Å². The number of nitrogens with two attached hydrogens (primary N) is 1. The summed E-state index contributed by atoms with van der Waals surface area (Å²) in [6.45, 7) is 0.0457. The van der Waals surface area contributed by atoms with Gasteiger partial charge >= 0.3 is 15.5 Å². The second-order valence-electron chi connectivity index (χ2n) is 6.98. The van der Waals surface area contributed by atoms with E-state index in [1.54, 1.807) is 0 Å². The zero-order chi connectivity index (χ0) is 19.7. The molecule has 0 saturated carbocycles. The van der Waals surface area contributed by atoms with Gasteiger partial charge in [-0.05, 0) is 61.3 Å². The van der Waals surface area contributed by atoms with Crippen molar-refractivity contribution in [3.8, 4) is 0 Å². The molecule has 0 bridgehead atoms. The number of nitrogens with zero attached hydrogens (tertiary/aromatic N) is 2. The summed E-state index contributed by atoms with van der Waals surface area (Å²) >= 11 is 0. The Morgan fingerprint density at radius 3 is 2.50 bits per heavy atom. The largest absolute Gasteiger partial charge is 0.511 e. The van der Waals surface area contributed by atoms with E-state index in [4.69, 9.17) is 5.73 Å². The van der Waals surface area contributed by atoms with Crippen molar-refractivity contribution in [3.05, 3.63) is 29.3 Å². The average Bonchev–Trinajstić information content (AvgIpc) is 3.07. The van der Waals surface area contributed by atoms with Gasteiger partial charge in [0.15, 0.2) is 5.96 Å². The number of sulfonamides is 1. The summed E-state index contributed by atoms with van der Waals surface area (Å²) in [5.74, 6) is 0.253. The molecule has 3 rings (SSSR count). The Hall–Kier alpha value is -1.08. The molecule has 0 unspecified atom stereocenters. The van der Waals surface area contributed by atoms with Crippen LogP contribution in [0.4, 0.5) is 18.9 Å². The maximum atomic E-state index is 12.6. The fourth-order valence-corrected chi connectivity index (χ4v) is 4.53. The van der Waals surface area contributed by atoms with Gasteiger partial charge in [0.25, 0.3) is 0 Å². The van der Waals surface area contributed by atoms with Crippen LogP contribution in [0.3, 0.4) is 0 Å². The van der Waals surface area contributed by atoms with Crippen LogP contribution in [0.1, 0.15) is 30.4 Å². The van der Waals surface area contributed by atoms with Crippen molar-refractivity contribution in [2.45, 2.75) is 37.6 Å². The number of fused-ring (bicyclic) bond motifs is 1. The number of guanidine groups is 1. The number of hydrogen-bond acceptors (Lipinski definition) is 3. The maximum absolute atomic E-state index is 12.6. The van der Waals surface area contributed by atoms with Crippen LogP contribution in [0.15, 0.2) is 23.2 Å². The van der Waals surface area contributed by atoms with E-state index in [0.29, 0.717) is 23.7 Å². The standard InChI is InChI=1S/C17H23F3N4O2S.HI/c18-17(19,20)27(25,26)24-8-6-12(7-9-24)11-22-16(21)23-15-5-4-13-2-1-3-14(13)10-15;/h4-5,10,12H,1-3,6-9,11H2,(H3,21,22,23);1H. The van der Waals surface area contributed by atoms with E-state index < -0.39 is 15.5 Å². The molecule has 0 aromatic heterocycles. The summed E-state index contributed by atoms with van der Waals surface area (Å²) in [6.07, 6.45) is 3.96. The zero-order valence-electron chi connectivity index (χ0n) is 15.2. The lowest BCUT2D eigenvalue weighted by molar-refractivity contribution is -0.0496.